The Morgan fingerprint density at radius 2 is 2.09 bits per heavy atom. The molecule has 118 valence electrons. The molecule has 3 rings (SSSR count). The highest BCUT2D eigenvalue weighted by Gasteiger charge is 2.10. The van der Waals surface area contributed by atoms with Gasteiger partial charge in [0.15, 0.2) is 12.4 Å². The minimum absolute atomic E-state index is 0.0530. The predicted molar refractivity (Wildman–Crippen MR) is 89.2 cm³/mol. The summed E-state index contributed by atoms with van der Waals surface area (Å²) in [5.74, 6) is 0.803. The summed E-state index contributed by atoms with van der Waals surface area (Å²) < 4.78 is 16.6. The van der Waals surface area contributed by atoms with Gasteiger partial charge in [0, 0.05) is 10.5 Å². The van der Waals surface area contributed by atoms with E-state index in [4.69, 9.17) is 14.0 Å². The zero-order valence-corrected chi connectivity index (χ0v) is 14.3. The summed E-state index contributed by atoms with van der Waals surface area (Å²) in [6, 6.07) is 12.8. The molecule has 2 aromatic heterocycles. The van der Waals surface area contributed by atoms with Crippen LogP contribution in [0.1, 0.15) is 5.69 Å². The van der Waals surface area contributed by atoms with Gasteiger partial charge in [0.05, 0.1) is 4.88 Å². The summed E-state index contributed by atoms with van der Waals surface area (Å²) in [6.07, 6.45) is 0. The minimum atomic E-state index is -0.464. The molecule has 3 aromatic rings. The second-order valence-corrected chi connectivity index (χ2v) is 6.43. The summed E-state index contributed by atoms with van der Waals surface area (Å²) in [4.78, 5) is 12.7. The van der Waals surface area contributed by atoms with Crippen molar-refractivity contribution in [1.82, 2.24) is 5.16 Å². The highest BCUT2D eigenvalue weighted by atomic mass is 79.9. The van der Waals surface area contributed by atoms with E-state index in [0.29, 0.717) is 17.2 Å². The fraction of sp³-hybridized carbons (Fsp3) is 0.125. The number of carbonyl (C=O) groups excluding carboxylic acids is 1. The summed E-state index contributed by atoms with van der Waals surface area (Å²) in [6.45, 7) is -0.103. The second-order valence-electron chi connectivity index (χ2n) is 4.56. The third-order valence-corrected chi connectivity index (χ3v) is 4.29. The van der Waals surface area contributed by atoms with Gasteiger partial charge in [0.2, 0.25) is 0 Å². The van der Waals surface area contributed by atoms with Crippen LogP contribution in [0.25, 0.3) is 10.6 Å². The van der Waals surface area contributed by atoms with Gasteiger partial charge in [-0.2, -0.15) is 0 Å². The van der Waals surface area contributed by atoms with Crippen LogP contribution in [-0.4, -0.2) is 17.7 Å². The van der Waals surface area contributed by atoms with Gasteiger partial charge in [-0.15, -0.1) is 11.3 Å². The van der Waals surface area contributed by atoms with Crippen LogP contribution in [0.5, 0.6) is 5.75 Å². The third kappa shape index (κ3) is 4.43. The maximum Gasteiger partial charge on any atom is 0.344 e. The SMILES string of the molecule is O=C(COc1ccc(Br)cc1)OCc1cc(-c2cccs2)on1. The lowest BCUT2D eigenvalue weighted by molar-refractivity contribution is -0.147. The summed E-state index contributed by atoms with van der Waals surface area (Å²) in [5.41, 5.74) is 0.561. The first-order valence-corrected chi connectivity index (χ1v) is 8.41. The van der Waals surface area contributed by atoms with Crippen molar-refractivity contribution in [1.29, 1.82) is 0 Å². The molecule has 0 unspecified atom stereocenters. The molecule has 5 nitrogen and oxygen atoms in total. The van der Waals surface area contributed by atoms with Crippen LogP contribution in [0, 0.1) is 0 Å². The summed E-state index contributed by atoms with van der Waals surface area (Å²) >= 11 is 4.89. The van der Waals surface area contributed by atoms with Gasteiger partial charge in [-0.1, -0.05) is 27.2 Å². The first kappa shape index (κ1) is 15.8. The number of hydrogen-bond donors (Lipinski definition) is 0. The molecule has 0 atom stereocenters. The molecular weight excluding hydrogens is 382 g/mol. The number of esters is 1. The Morgan fingerprint density at radius 1 is 1.26 bits per heavy atom. The summed E-state index contributed by atoms with van der Waals surface area (Å²) in [5, 5.41) is 5.84. The molecule has 2 heterocycles. The third-order valence-electron chi connectivity index (χ3n) is 2.87. The van der Waals surface area contributed by atoms with E-state index in [1.54, 1.807) is 29.5 Å². The topological polar surface area (TPSA) is 61.6 Å². The van der Waals surface area contributed by atoms with Crippen molar-refractivity contribution in [3.05, 3.63) is 58.0 Å². The number of carbonyl (C=O) groups is 1. The lowest BCUT2D eigenvalue weighted by Gasteiger charge is -2.05. The first-order chi connectivity index (χ1) is 11.2. The average molecular weight is 394 g/mol. The Kier molecular flexibility index (Phi) is 5.09. The predicted octanol–water partition coefficient (Wildman–Crippen LogP) is 4.29. The van der Waals surface area contributed by atoms with Crippen molar-refractivity contribution in [2.24, 2.45) is 0 Å². The van der Waals surface area contributed by atoms with Crippen molar-refractivity contribution in [3.63, 3.8) is 0 Å². The molecule has 0 fully saturated rings. The molecule has 0 aliphatic carbocycles. The zero-order chi connectivity index (χ0) is 16.1. The molecule has 0 radical (unpaired) electrons. The number of aromatic nitrogens is 1. The number of hydrogen-bond acceptors (Lipinski definition) is 6. The van der Waals surface area contributed by atoms with E-state index in [1.165, 1.54) is 0 Å². The Balaban J connectivity index is 1.46. The van der Waals surface area contributed by atoms with Gasteiger partial charge in [-0.25, -0.2) is 4.79 Å². The molecule has 1 aromatic carbocycles. The molecule has 0 aliphatic heterocycles. The van der Waals surface area contributed by atoms with E-state index >= 15 is 0 Å². The fourth-order valence-electron chi connectivity index (χ4n) is 1.78. The quantitative estimate of drug-likeness (QED) is 0.584. The molecule has 23 heavy (non-hydrogen) atoms. The Hall–Kier alpha value is -2.12. The maximum absolute atomic E-state index is 11.7. The van der Waals surface area contributed by atoms with E-state index < -0.39 is 5.97 Å². The molecular formula is C16H12BrNO4S. The lowest BCUT2D eigenvalue weighted by Crippen LogP contribution is -2.14. The lowest BCUT2D eigenvalue weighted by atomic mass is 10.3. The van der Waals surface area contributed by atoms with Gasteiger partial charge in [-0.05, 0) is 35.7 Å². The van der Waals surface area contributed by atoms with Crippen LogP contribution in [0.4, 0.5) is 0 Å². The van der Waals surface area contributed by atoms with E-state index in [-0.39, 0.29) is 13.2 Å². The maximum atomic E-state index is 11.7. The van der Waals surface area contributed by atoms with Crippen LogP contribution in [0.15, 0.2) is 56.8 Å². The van der Waals surface area contributed by atoms with Crippen LogP contribution in [-0.2, 0) is 16.1 Å². The zero-order valence-electron chi connectivity index (χ0n) is 11.9. The Labute approximate surface area is 145 Å². The largest absolute Gasteiger partial charge is 0.482 e. The van der Waals surface area contributed by atoms with E-state index in [0.717, 1.165) is 9.35 Å². The van der Waals surface area contributed by atoms with Crippen molar-refractivity contribution in [3.8, 4) is 16.4 Å². The molecule has 0 spiro atoms. The van der Waals surface area contributed by atoms with E-state index in [9.17, 15) is 4.79 Å². The van der Waals surface area contributed by atoms with Gasteiger partial charge >= 0.3 is 5.97 Å². The highest BCUT2D eigenvalue weighted by molar-refractivity contribution is 9.10. The Bertz CT molecular complexity index is 768. The Morgan fingerprint density at radius 3 is 2.83 bits per heavy atom. The normalized spacial score (nSPS) is 10.5. The van der Waals surface area contributed by atoms with Crippen molar-refractivity contribution in [2.75, 3.05) is 6.61 Å². The fourth-order valence-corrected chi connectivity index (χ4v) is 2.72. The highest BCUT2D eigenvalue weighted by Crippen LogP contribution is 2.25. The molecule has 0 aliphatic rings. The van der Waals surface area contributed by atoms with Crippen LogP contribution >= 0.6 is 27.3 Å². The van der Waals surface area contributed by atoms with Gasteiger partial charge in [0.1, 0.15) is 18.1 Å². The van der Waals surface area contributed by atoms with Crippen LogP contribution < -0.4 is 4.74 Å². The van der Waals surface area contributed by atoms with E-state index in [2.05, 4.69) is 21.1 Å². The standard InChI is InChI=1S/C16H12BrNO4S/c17-11-3-5-13(6-4-11)20-10-16(19)21-9-12-8-14(22-18-12)15-2-1-7-23-15/h1-8H,9-10H2. The number of rotatable bonds is 6. The van der Waals surface area contributed by atoms with Gasteiger partial charge < -0.3 is 14.0 Å². The van der Waals surface area contributed by atoms with Gasteiger partial charge in [0.25, 0.3) is 0 Å². The van der Waals surface area contributed by atoms with Crippen molar-refractivity contribution < 1.29 is 18.8 Å². The van der Waals surface area contributed by atoms with Crippen molar-refractivity contribution in [2.45, 2.75) is 6.61 Å². The van der Waals surface area contributed by atoms with E-state index in [1.807, 2.05) is 29.6 Å². The molecule has 0 amide bonds. The number of halogens is 1. The monoisotopic (exact) mass is 393 g/mol. The molecule has 0 saturated carbocycles. The first-order valence-electron chi connectivity index (χ1n) is 6.74. The molecule has 7 heteroatoms. The van der Waals surface area contributed by atoms with Crippen LogP contribution in [0.3, 0.4) is 0 Å². The average Bonchev–Trinajstić information content (AvgIpc) is 3.23. The number of ether oxygens (including phenoxy) is 2. The molecule has 0 N–H and O–H groups in total. The van der Waals surface area contributed by atoms with Gasteiger partial charge in [-0.3, -0.25) is 0 Å². The van der Waals surface area contributed by atoms with Crippen molar-refractivity contribution >= 4 is 33.2 Å². The minimum Gasteiger partial charge on any atom is -0.482 e. The molecule has 0 saturated heterocycles. The number of thiophene rings is 1. The number of nitrogens with zero attached hydrogens (tertiary/aromatic N) is 1. The summed E-state index contributed by atoms with van der Waals surface area (Å²) in [7, 11) is 0. The second kappa shape index (κ2) is 7.43. The van der Waals surface area contributed by atoms with Crippen LogP contribution in [0.2, 0.25) is 0 Å². The molecule has 0 bridgehead atoms. The smallest absolute Gasteiger partial charge is 0.344 e. The number of benzene rings is 1.